The van der Waals surface area contributed by atoms with Gasteiger partial charge in [0.05, 0.1) is 0 Å². The van der Waals surface area contributed by atoms with Crippen molar-refractivity contribution in [1.82, 2.24) is 4.57 Å². The molecule has 0 atom stereocenters. The average molecular weight is 204 g/mol. The molecule has 0 radical (unpaired) electrons. The minimum Gasteiger partial charge on any atom is -0.477 e. The molecule has 1 heterocycles. The third kappa shape index (κ3) is 2.71. The molecule has 4 nitrogen and oxygen atoms in total. The summed E-state index contributed by atoms with van der Waals surface area (Å²) in [4.78, 5) is 10.6. The van der Waals surface area contributed by atoms with Crippen LogP contribution in [0.15, 0.2) is 23.9 Å². The fraction of sp³-hybridized carbons (Fsp3) is 0.273. The van der Waals surface area contributed by atoms with Crippen molar-refractivity contribution in [1.29, 1.82) is 5.26 Å². The second-order valence-electron chi connectivity index (χ2n) is 3.10. The van der Waals surface area contributed by atoms with E-state index < -0.39 is 5.97 Å². The van der Waals surface area contributed by atoms with Crippen molar-refractivity contribution in [3.63, 3.8) is 0 Å². The highest BCUT2D eigenvalue weighted by atomic mass is 16.4. The number of aromatic nitrogens is 1. The maximum absolute atomic E-state index is 10.6. The van der Waals surface area contributed by atoms with Crippen LogP contribution in [0, 0.1) is 11.3 Å². The van der Waals surface area contributed by atoms with Gasteiger partial charge in [0.2, 0.25) is 0 Å². The van der Waals surface area contributed by atoms with Crippen LogP contribution in [0.1, 0.15) is 19.0 Å². The SMILES string of the molecule is CCCn1cccc1C=C(C#N)C(=O)O. The van der Waals surface area contributed by atoms with Gasteiger partial charge in [-0.25, -0.2) is 4.79 Å². The maximum Gasteiger partial charge on any atom is 0.346 e. The molecule has 78 valence electrons. The predicted molar refractivity (Wildman–Crippen MR) is 55.9 cm³/mol. The minimum absolute atomic E-state index is 0.244. The summed E-state index contributed by atoms with van der Waals surface area (Å²) in [6.07, 6.45) is 4.22. The number of hydrogen-bond acceptors (Lipinski definition) is 2. The van der Waals surface area contributed by atoms with Crippen LogP contribution < -0.4 is 0 Å². The molecule has 0 aliphatic rings. The lowest BCUT2D eigenvalue weighted by molar-refractivity contribution is -0.132. The molecule has 0 spiro atoms. The zero-order chi connectivity index (χ0) is 11.3. The van der Waals surface area contributed by atoms with Crippen molar-refractivity contribution in [3.05, 3.63) is 29.6 Å². The Morgan fingerprint density at radius 3 is 3.00 bits per heavy atom. The molecular weight excluding hydrogens is 192 g/mol. The van der Waals surface area contributed by atoms with Gasteiger partial charge in [0.25, 0.3) is 0 Å². The van der Waals surface area contributed by atoms with E-state index in [9.17, 15) is 4.79 Å². The standard InChI is InChI=1S/C11H12N2O2/c1-2-5-13-6-3-4-10(13)7-9(8-12)11(14)15/h3-4,6-7H,2,5H2,1H3,(H,14,15). The number of rotatable bonds is 4. The monoisotopic (exact) mass is 204 g/mol. The van der Waals surface area contributed by atoms with E-state index in [1.165, 1.54) is 6.08 Å². The van der Waals surface area contributed by atoms with Crippen LogP contribution >= 0.6 is 0 Å². The van der Waals surface area contributed by atoms with Gasteiger partial charge in [-0.2, -0.15) is 5.26 Å². The molecule has 0 amide bonds. The van der Waals surface area contributed by atoms with Crippen molar-refractivity contribution < 1.29 is 9.90 Å². The first kappa shape index (κ1) is 11.1. The number of aliphatic carboxylic acids is 1. The largest absolute Gasteiger partial charge is 0.477 e. The first-order valence-electron chi connectivity index (χ1n) is 4.69. The lowest BCUT2D eigenvalue weighted by Crippen LogP contribution is -2.01. The van der Waals surface area contributed by atoms with Gasteiger partial charge in [-0.15, -0.1) is 0 Å². The zero-order valence-corrected chi connectivity index (χ0v) is 8.47. The molecule has 1 aromatic heterocycles. The normalized spacial score (nSPS) is 11.1. The Balaban J connectivity index is 3.02. The Bertz CT molecular complexity index is 424. The third-order valence-corrected chi connectivity index (χ3v) is 1.97. The molecule has 0 unspecified atom stereocenters. The second kappa shape index (κ2) is 5.01. The van der Waals surface area contributed by atoms with Gasteiger partial charge in [-0.05, 0) is 24.6 Å². The Hall–Kier alpha value is -2.02. The molecule has 15 heavy (non-hydrogen) atoms. The second-order valence-corrected chi connectivity index (χ2v) is 3.10. The number of aryl methyl sites for hydroxylation is 1. The number of nitrogens with zero attached hydrogens (tertiary/aromatic N) is 2. The van der Waals surface area contributed by atoms with Crippen LogP contribution in [0.2, 0.25) is 0 Å². The molecule has 0 fully saturated rings. The first-order chi connectivity index (χ1) is 7.19. The van der Waals surface area contributed by atoms with E-state index in [4.69, 9.17) is 10.4 Å². The first-order valence-corrected chi connectivity index (χ1v) is 4.69. The zero-order valence-electron chi connectivity index (χ0n) is 8.47. The number of nitriles is 1. The summed E-state index contributed by atoms with van der Waals surface area (Å²) < 4.78 is 1.92. The van der Waals surface area contributed by atoms with Crippen molar-refractivity contribution in [2.45, 2.75) is 19.9 Å². The van der Waals surface area contributed by atoms with Crippen LogP contribution in [0.25, 0.3) is 6.08 Å². The highest BCUT2D eigenvalue weighted by Gasteiger charge is 2.07. The van der Waals surface area contributed by atoms with Crippen molar-refractivity contribution in [2.75, 3.05) is 0 Å². The molecule has 0 aliphatic carbocycles. The van der Waals surface area contributed by atoms with Crippen LogP contribution in [-0.2, 0) is 11.3 Å². The lowest BCUT2D eigenvalue weighted by atomic mass is 10.2. The van der Waals surface area contributed by atoms with Crippen LogP contribution in [0.5, 0.6) is 0 Å². The molecule has 0 bridgehead atoms. The number of carbonyl (C=O) groups is 1. The van der Waals surface area contributed by atoms with Gasteiger partial charge in [0.15, 0.2) is 0 Å². The minimum atomic E-state index is -1.19. The summed E-state index contributed by atoms with van der Waals surface area (Å²) in [5.74, 6) is -1.19. The van der Waals surface area contributed by atoms with Crippen molar-refractivity contribution >= 4 is 12.0 Å². The van der Waals surface area contributed by atoms with Gasteiger partial charge in [0, 0.05) is 18.4 Å². The van der Waals surface area contributed by atoms with Crippen molar-refractivity contribution in [2.24, 2.45) is 0 Å². The van der Waals surface area contributed by atoms with Gasteiger partial charge in [-0.1, -0.05) is 6.92 Å². The topological polar surface area (TPSA) is 66.0 Å². The summed E-state index contributed by atoms with van der Waals surface area (Å²) >= 11 is 0. The third-order valence-electron chi connectivity index (χ3n) is 1.97. The van der Waals surface area contributed by atoms with Gasteiger partial charge >= 0.3 is 5.97 Å². The molecule has 4 heteroatoms. The Morgan fingerprint density at radius 1 is 1.73 bits per heavy atom. The van der Waals surface area contributed by atoms with E-state index in [1.807, 2.05) is 23.8 Å². The Morgan fingerprint density at radius 2 is 2.47 bits per heavy atom. The molecule has 0 aliphatic heterocycles. The smallest absolute Gasteiger partial charge is 0.346 e. The van der Waals surface area contributed by atoms with E-state index >= 15 is 0 Å². The van der Waals surface area contributed by atoms with E-state index in [2.05, 4.69) is 0 Å². The predicted octanol–water partition coefficient (Wildman–Crippen LogP) is 1.89. The van der Waals surface area contributed by atoms with Gasteiger partial charge in [-0.3, -0.25) is 0 Å². The Labute approximate surface area is 88.1 Å². The molecule has 0 aromatic carbocycles. The highest BCUT2D eigenvalue weighted by Crippen LogP contribution is 2.09. The van der Waals surface area contributed by atoms with E-state index in [-0.39, 0.29) is 5.57 Å². The fourth-order valence-corrected chi connectivity index (χ4v) is 1.29. The fourth-order valence-electron chi connectivity index (χ4n) is 1.29. The van der Waals surface area contributed by atoms with Gasteiger partial charge in [0.1, 0.15) is 11.6 Å². The molecule has 1 rings (SSSR count). The summed E-state index contributed by atoms with van der Waals surface area (Å²) in [5, 5.41) is 17.3. The molecule has 0 saturated carbocycles. The number of carboxylic acid groups (broad SMARTS) is 1. The van der Waals surface area contributed by atoms with E-state index in [1.54, 1.807) is 12.1 Å². The maximum atomic E-state index is 10.6. The quantitative estimate of drug-likeness (QED) is 0.601. The summed E-state index contributed by atoms with van der Waals surface area (Å²) in [6, 6.07) is 5.28. The summed E-state index contributed by atoms with van der Waals surface area (Å²) in [5.41, 5.74) is 0.502. The Kier molecular flexibility index (Phi) is 3.69. The molecular formula is C11H12N2O2. The van der Waals surface area contributed by atoms with Crippen LogP contribution in [0.4, 0.5) is 0 Å². The summed E-state index contributed by atoms with van der Waals surface area (Å²) in [6.45, 7) is 2.85. The van der Waals surface area contributed by atoms with Crippen LogP contribution in [-0.4, -0.2) is 15.6 Å². The lowest BCUT2D eigenvalue weighted by Gasteiger charge is -2.03. The molecule has 1 N–H and O–H groups in total. The van der Waals surface area contributed by atoms with Crippen LogP contribution in [0.3, 0.4) is 0 Å². The highest BCUT2D eigenvalue weighted by molar-refractivity contribution is 5.96. The molecule has 1 aromatic rings. The average Bonchev–Trinajstić information content (AvgIpc) is 2.62. The van der Waals surface area contributed by atoms with Crippen molar-refractivity contribution in [3.8, 4) is 6.07 Å². The summed E-state index contributed by atoms with van der Waals surface area (Å²) in [7, 11) is 0. The van der Waals surface area contributed by atoms with E-state index in [0.29, 0.717) is 0 Å². The number of carboxylic acids is 1. The number of hydrogen-bond donors (Lipinski definition) is 1. The van der Waals surface area contributed by atoms with Gasteiger partial charge < -0.3 is 9.67 Å². The van der Waals surface area contributed by atoms with E-state index in [0.717, 1.165) is 18.7 Å². The molecule has 0 saturated heterocycles.